The largest absolute Gasteiger partial charge is 0.355 e. The maximum absolute atomic E-state index is 12.2. The Balaban J connectivity index is 2.15. The number of benzene rings is 1. The Morgan fingerprint density at radius 3 is 2.26 bits per heavy atom. The molecule has 0 saturated heterocycles. The van der Waals surface area contributed by atoms with Crippen LogP contribution in [0, 0.1) is 0 Å². The molecule has 0 aliphatic heterocycles. The van der Waals surface area contributed by atoms with Gasteiger partial charge in [-0.05, 0) is 30.8 Å². The van der Waals surface area contributed by atoms with E-state index in [-0.39, 0.29) is 23.0 Å². The number of sulfonamides is 1. The highest BCUT2D eigenvalue weighted by Crippen LogP contribution is 2.11. The Kier molecular flexibility index (Phi) is 6.53. The lowest BCUT2D eigenvalue weighted by atomic mass is 10.1. The van der Waals surface area contributed by atoms with Gasteiger partial charge in [0.2, 0.25) is 10.0 Å². The van der Waals surface area contributed by atoms with Gasteiger partial charge in [0.1, 0.15) is 0 Å². The molecule has 8 nitrogen and oxygen atoms in total. The Morgan fingerprint density at radius 2 is 1.70 bits per heavy atom. The fraction of sp³-hybridized carbons (Fsp3) is 0.333. The van der Waals surface area contributed by atoms with E-state index in [0.717, 1.165) is 9.87 Å². The molecule has 1 aromatic carbocycles. The average molecular weight is 392 g/mol. The second-order valence-corrected chi connectivity index (χ2v) is 8.54. The first-order valence-electron chi connectivity index (χ1n) is 8.27. The van der Waals surface area contributed by atoms with Crippen LogP contribution in [-0.4, -0.2) is 56.3 Å². The van der Waals surface area contributed by atoms with Crippen LogP contribution in [0.25, 0.3) is 0 Å². The van der Waals surface area contributed by atoms with Crippen molar-refractivity contribution < 1.29 is 13.2 Å². The molecule has 0 aliphatic rings. The molecule has 1 N–H and O–H groups in total. The Labute approximate surface area is 159 Å². The Hall–Kier alpha value is -2.49. The predicted octanol–water partition coefficient (Wildman–Crippen LogP) is 0.548. The number of pyridine rings is 1. The number of nitrogens with zero attached hydrogens (tertiary/aromatic N) is 3. The molecule has 0 spiro atoms. The van der Waals surface area contributed by atoms with E-state index in [0.29, 0.717) is 12.1 Å². The summed E-state index contributed by atoms with van der Waals surface area (Å²) in [5.74, 6) is -0.152. The van der Waals surface area contributed by atoms with Gasteiger partial charge in [0.15, 0.2) is 0 Å². The maximum Gasteiger partial charge on any atom is 0.251 e. The van der Waals surface area contributed by atoms with Crippen LogP contribution in [0.1, 0.15) is 15.9 Å². The molecule has 0 unspecified atom stereocenters. The van der Waals surface area contributed by atoms with Gasteiger partial charge in [0, 0.05) is 45.5 Å². The zero-order chi connectivity index (χ0) is 20.2. The van der Waals surface area contributed by atoms with Crippen LogP contribution in [0.2, 0.25) is 0 Å². The van der Waals surface area contributed by atoms with Crippen LogP contribution in [0.4, 0.5) is 0 Å². The van der Waals surface area contributed by atoms with E-state index in [1.165, 1.54) is 37.0 Å². The minimum atomic E-state index is -3.61. The normalized spacial score (nSPS) is 11.8. The molecule has 0 radical (unpaired) electrons. The zero-order valence-corrected chi connectivity index (χ0v) is 16.7. The molecule has 146 valence electrons. The zero-order valence-electron chi connectivity index (χ0n) is 15.8. The summed E-state index contributed by atoms with van der Waals surface area (Å²) < 4.78 is 27.0. The van der Waals surface area contributed by atoms with Gasteiger partial charge in [0.05, 0.1) is 11.6 Å². The molecule has 0 fully saturated rings. The van der Waals surface area contributed by atoms with Crippen molar-refractivity contribution in [3.05, 3.63) is 64.1 Å². The molecular formula is C18H24N4O4S. The molecule has 27 heavy (non-hydrogen) atoms. The number of hydrogen-bond acceptors (Lipinski definition) is 5. The molecular weight excluding hydrogens is 368 g/mol. The van der Waals surface area contributed by atoms with E-state index in [2.05, 4.69) is 5.32 Å². The number of amides is 1. The van der Waals surface area contributed by atoms with Gasteiger partial charge in [-0.15, -0.1) is 0 Å². The topological polar surface area (TPSA) is 91.7 Å². The van der Waals surface area contributed by atoms with Crippen molar-refractivity contribution in [1.82, 2.24) is 19.1 Å². The monoisotopic (exact) mass is 392 g/mol. The van der Waals surface area contributed by atoms with Crippen LogP contribution in [-0.2, 0) is 23.2 Å². The van der Waals surface area contributed by atoms with Gasteiger partial charge in [-0.25, -0.2) is 12.7 Å². The summed E-state index contributed by atoms with van der Waals surface area (Å²) in [6.45, 7) is 0.762. The number of aromatic nitrogens is 1. The molecule has 0 aliphatic carbocycles. The first kappa shape index (κ1) is 20.8. The van der Waals surface area contributed by atoms with Crippen molar-refractivity contribution in [2.24, 2.45) is 0 Å². The first-order chi connectivity index (χ1) is 12.6. The lowest BCUT2D eigenvalue weighted by molar-refractivity contribution is 0.0963. The van der Waals surface area contributed by atoms with E-state index < -0.39 is 10.0 Å². The number of hydrogen-bond donors (Lipinski definition) is 1. The van der Waals surface area contributed by atoms with Crippen molar-refractivity contribution in [2.45, 2.75) is 18.1 Å². The van der Waals surface area contributed by atoms with Gasteiger partial charge in [-0.3, -0.25) is 14.5 Å². The van der Waals surface area contributed by atoms with Crippen molar-refractivity contribution in [3.8, 4) is 0 Å². The van der Waals surface area contributed by atoms with Crippen LogP contribution in [0.15, 0.2) is 52.3 Å². The number of carbonyl (C=O) groups excluding carboxylic acids is 1. The fourth-order valence-corrected chi connectivity index (χ4v) is 3.43. The third kappa shape index (κ3) is 5.03. The van der Waals surface area contributed by atoms with E-state index in [1.807, 2.05) is 24.1 Å². The van der Waals surface area contributed by atoms with E-state index in [9.17, 15) is 18.0 Å². The molecule has 1 aromatic heterocycles. The number of nitrogens with one attached hydrogen (secondary N) is 1. The third-order valence-corrected chi connectivity index (χ3v) is 5.82. The maximum atomic E-state index is 12.2. The predicted molar refractivity (Wildman–Crippen MR) is 103 cm³/mol. The summed E-state index contributed by atoms with van der Waals surface area (Å²) >= 11 is 0. The Morgan fingerprint density at radius 1 is 1.07 bits per heavy atom. The molecule has 2 rings (SSSR count). The second kappa shape index (κ2) is 8.47. The van der Waals surface area contributed by atoms with Crippen LogP contribution >= 0.6 is 0 Å². The van der Waals surface area contributed by atoms with Crippen molar-refractivity contribution in [1.29, 1.82) is 0 Å². The molecule has 0 atom stereocenters. The lowest BCUT2D eigenvalue weighted by Gasteiger charge is -2.19. The van der Waals surface area contributed by atoms with Crippen LogP contribution in [0.5, 0.6) is 0 Å². The lowest BCUT2D eigenvalue weighted by Crippen LogP contribution is -2.30. The summed E-state index contributed by atoms with van der Waals surface area (Å²) in [5, 5.41) is 2.57. The molecule has 1 amide bonds. The number of rotatable bonds is 7. The average Bonchev–Trinajstić information content (AvgIpc) is 2.63. The van der Waals surface area contributed by atoms with Crippen molar-refractivity contribution >= 4 is 15.9 Å². The van der Waals surface area contributed by atoms with Crippen molar-refractivity contribution in [2.75, 3.05) is 28.2 Å². The van der Waals surface area contributed by atoms with Crippen LogP contribution < -0.4 is 10.9 Å². The van der Waals surface area contributed by atoms with Crippen molar-refractivity contribution in [3.63, 3.8) is 0 Å². The highest BCUT2D eigenvalue weighted by atomic mass is 32.2. The van der Waals surface area contributed by atoms with E-state index in [1.54, 1.807) is 19.2 Å². The van der Waals surface area contributed by atoms with Gasteiger partial charge in [0.25, 0.3) is 11.5 Å². The van der Waals surface area contributed by atoms with E-state index in [4.69, 9.17) is 0 Å². The summed E-state index contributed by atoms with van der Waals surface area (Å²) in [7, 11) is 2.68. The SMILES string of the molecule is CNC(=O)c1ccc(CN(C)Cn2cc(S(=O)(=O)N(C)C)ccc2=O)cc1. The second-order valence-electron chi connectivity index (χ2n) is 6.39. The first-order valence-corrected chi connectivity index (χ1v) is 9.71. The smallest absolute Gasteiger partial charge is 0.251 e. The standard InChI is InChI=1S/C18H24N4O4S/c1-19-18(24)15-7-5-14(6-8-15)11-21(4)13-22-12-16(9-10-17(22)23)27(25,26)20(2)3/h5-10,12H,11,13H2,1-4H3,(H,19,24). The minimum Gasteiger partial charge on any atom is -0.355 e. The number of carbonyl (C=O) groups is 1. The molecule has 2 aromatic rings. The third-order valence-electron chi connectivity index (χ3n) is 4.02. The van der Waals surface area contributed by atoms with Gasteiger partial charge in [-0.2, -0.15) is 0 Å². The summed E-state index contributed by atoms with van der Waals surface area (Å²) in [6.07, 6.45) is 1.35. The van der Waals surface area contributed by atoms with Gasteiger partial charge < -0.3 is 9.88 Å². The molecule has 1 heterocycles. The van der Waals surface area contributed by atoms with Gasteiger partial charge in [-0.1, -0.05) is 12.1 Å². The quantitative estimate of drug-likeness (QED) is 0.743. The summed E-state index contributed by atoms with van der Waals surface area (Å²) in [4.78, 5) is 25.6. The van der Waals surface area contributed by atoms with Crippen LogP contribution in [0.3, 0.4) is 0 Å². The Bertz CT molecular complexity index is 966. The minimum absolute atomic E-state index is 0.0652. The molecule has 0 saturated carbocycles. The highest BCUT2D eigenvalue weighted by molar-refractivity contribution is 7.89. The summed E-state index contributed by atoms with van der Waals surface area (Å²) in [5.41, 5.74) is 1.26. The molecule has 9 heteroatoms. The highest BCUT2D eigenvalue weighted by Gasteiger charge is 2.18. The van der Waals surface area contributed by atoms with Gasteiger partial charge >= 0.3 is 0 Å². The van der Waals surface area contributed by atoms with E-state index >= 15 is 0 Å². The summed E-state index contributed by atoms with van der Waals surface area (Å²) in [6, 6.07) is 9.72. The fourth-order valence-electron chi connectivity index (χ4n) is 2.51. The molecule has 0 bridgehead atoms.